The first-order chi connectivity index (χ1) is 13.4. The summed E-state index contributed by atoms with van der Waals surface area (Å²) in [6.45, 7) is 9.19. The van der Waals surface area contributed by atoms with Gasteiger partial charge in [-0.1, -0.05) is 39.3 Å². The molecule has 0 spiro atoms. The minimum Gasteiger partial charge on any atom is -0.398 e. The van der Waals surface area contributed by atoms with E-state index < -0.39 is 21.5 Å². The normalized spacial score (nSPS) is 15.7. The fourth-order valence-corrected chi connectivity index (χ4v) is 5.09. The molecule has 4 N–H and O–H groups in total. The second-order valence-corrected chi connectivity index (χ2v) is 10.1. The van der Waals surface area contributed by atoms with Crippen LogP contribution in [-0.4, -0.2) is 49.0 Å². The van der Waals surface area contributed by atoms with Gasteiger partial charge < -0.3 is 16.2 Å². The van der Waals surface area contributed by atoms with Crippen molar-refractivity contribution in [1.29, 1.82) is 0 Å². The topological polar surface area (TPSA) is 113 Å². The summed E-state index contributed by atoms with van der Waals surface area (Å²) in [6.07, 6.45) is 2.57. The van der Waals surface area contributed by atoms with Crippen molar-refractivity contribution in [2.45, 2.75) is 70.4 Å². The lowest BCUT2D eigenvalue weighted by Crippen LogP contribution is -2.59. The molecule has 0 saturated heterocycles. The van der Waals surface area contributed by atoms with E-state index in [0.717, 1.165) is 17.1 Å². The summed E-state index contributed by atoms with van der Waals surface area (Å²) in [5.74, 6) is -0.343. The second-order valence-electron chi connectivity index (χ2n) is 8.19. The summed E-state index contributed by atoms with van der Waals surface area (Å²) >= 11 is 0. The Morgan fingerprint density at radius 2 is 1.86 bits per heavy atom. The van der Waals surface area contributed by atoms with E-state index in [1.54, 1.807) is 26.0 Å². The zero-order chi connectivity index (χ0) is 22.4. The highest BCUT2D eigenvalue weighted by Gasteiger charge is 2.42. The molecule has 0 saturated carbocycles. The lowest BCUT2D eigenvalue weighted by molar-refractivity contribution is -0.130. The van der Waals surface area contributed by atoms with Crippen LogP contribution in [0.4, 0.5) is 5.69 Å². The van der Waals surface area contributed by atoms with E-state index in [2.05, 4.69) is 12.2 Å². The van der Waals surface area contributed by atoms with Gasteiger partial charge in [-0.3, -0.25) is 4.79 Å². The van der Waals surface area contributed by atoms with Crippen molar-refractivity contribution in [3.8, 4) is 0 Å². The molecule has 3 atom stereocenters. The number of benzene rings is 1. The predicted molar refractivity (Wildman–Crippen MR) is 117 cm³/mol. The largest absolute Gasteiger partial charge is 0.398 e. The molecule has 0 heterocycles. The average molecular weight is 428 g/mol. The molecular formula is C21H37N3O4S. The van der Waals surface area contributed by atoms with Crippen LogP contribution in [0.3, 0.4) is 0 Å². The number of rotatable bonds is 11. The van der Waals surface area contributed by atoms with Crippen LogP contribution in [0.25, 0.3) is 0 Å². The molecule has 0 aliphatic rings. The average Bonchev–Trinajstić information content (AvgIpc) is 2.67. The Kier molecular flexibility index (Phi) is 9.11. The number of aliphatic hydroxyl groups excluding tert-OH is 1. The number of aliphatic hydroxyl groups is 1. The number of nitrogens with one attached hydrogen (secondary N) is 1. The van der Waals surface area contributed by atoms with Gasteiger partial charge in [-0.05, 0) is 44.7 Å². The van der Waals surface area contributed by atoms with E-state index in [-0.39, 0.29) is 35.1 Å². The Hall–Kier alpha value is -1.64. The highest BCUT2D eigenvalue weighted by Crippen LogP contribution is 2.28. The summed E-state index contributed by atoms with van der Waals surface area (Å²) in [5, 5.41) is 12.8. The number of hydrogen-bond acceptors (Lipinski definition) is 5. The van der Waals surface area contributed by atoms with Gasteiger partial charge in [0.15, 0.2) is 0 Å². The van der Waals surface area contributed by atoms with E-state index >= 15 is 0 Å². The van der Waals surface area contributed by atoms with Crippen molar-refractivity contribution in [2.75, 3.05) is 19.4 Å². The van der Waals surface area contributed by atoms with Gasteiger partial charge in [-0.2, -0.15) is 4.31 Å². The Morgan fingerprint density at radius 1 is 1.28 bits per heavy atom. The van der Waals surface area contributed by atoms with Crippen molar-refractivity contribution in [1.82, 2.24) is 9.62 Å². The first kappa shape index (κ1) is 25.4. The molecule has 7 nitrogen and oxygen atoms in total. The lowest BCUT2D eigenvalue weighted by Gasteiger charge is -2.38. The van der Waals surface area contributed by atoms with Crippen LogP contribution >= 0.6 is 0 Å². The van der Waals surface area contributed by atoms with Crippen LogP contribution in [0, 0.1) is 11.8 Å². The molecule has 1 aromatic rings. The molecule has 8 heteroatoms. The maximum absolute atomic E-state index is 13.2. The third kappa shape index (κ3) is 5.71. The summed E-state index contributed by atoms with van der Waals surface area (Å²) < 4.78 is 27.3. The number of hydrogen-bond donors (Lipinski definition) is 3. The summed E-state index contributed by atoms with van der Waals surface area (Å²) in [5.41, 5.74) is 4.65. The van der Waals surface area contributed by atoms with Crippen LogP contribution in [0.1, 0.15) is 53.9 Å². The quantitative estimate of drug-likeness (QED) is 0.470. The Bertz CT molecular complexity index is 776. The van der Waals surface area contributed by atoms with Crippen molar-refractivity contribution >= 4 is 21.6 Å². The summed E-state index contributed by atoms with van der Waals surface area (Å²) in [4.78, 5) is 13.2. The predicted octanol–water partition coefficient (Wildman–Crippen LogP) is 2.61. The molecule has 0 bridgehead atoms. The van der Waals surface area contributed by atoms with Crippen LogP contribution < -0.4 is 11.1 Å². The van der Waals surface area contributed by atoms with E-state index in [1.807, 2.05) is 13.8 Å². The Balaban J connectivity index is 3.18. The molecule has 1 amide bonds. The summed E-state index contributed by atoms with van der Waals surface area (Å²) in [6, 6.07) is 5.96. The first-order valence-electron chi connectivity index (χ1n) is 10.2. The van der Waals surface area contributed by atoms with E-state index in [4.69, 9.17) is 5.73 Å². The number of nitrogens with two attached hydrogens (primary N) is 1. The third-order valence-electron chi connectivity index (χ3n) is 5.82. The maximum Gasteiger partial charge on any atom is 0.245 e. The SMILES string of the molecule is CCCC(C)C(NC(=O)C(C)(C)N(C)S(=O)(=O)c1ccccc1N)C(CC)CO. The van der Waals surface area contributed by atoms with Crippen molar-refractivity contribution in [2.24, 2.45) is 11.8 Å². The van der Waals surface area contributed by atoms with Crippen molar-refractivity contribution in [3.63, 3.8) is 0 Å². The second kappa shape index (κ2) is 10.4. The third-order valence-corrected chi connectivity index (χ3v) is 7.93. The summed E-state index contributed by atoms with van der Waals surface area (Å²) in [7, 11) is -2.59. The van der Waals surface area contributed by atoms with E-state index in [9.17, 15) is 18.3 Å². The van der Waals surface area contributed by atoms with Gasteiger partial charge in [0.05, 0.1) is 5.69 Å². The molecule has 0 aromatic heterocycles. The van der Waals surface area contributed by atoms with Gasteiger partial charge in [-0.15, -0.1) is 0 Å². The lowest BCUT2D eigenvalue weighted by atomic mass is 9.85. The smallest absolute Gasteiger partial charge is 0.245 e. The van der Waals surface area contributed by atoms with Crippen LogP contribution in [0.2, 0.25) is 0 Å². The first-order valence-corrected chi connectivity index (χ1v) is 11.6. The molecule has 1 aromatic carbocycles. The van der Waals surface area contributed by atoms with Gasteiger partial charge in [0, 0.05) is 25.6 Å². The molecule has 3 unspecified atom stereocenters. The van der Waals surface area contributed by atoms with Gasteiger partial charge in [0.1, 0.15) is 10.4 Å². The number of carbonyl (C=O) groups excluding carboxylic acids is 1. The van der Waals surface area contributed by atoms with E-state index in [0.29, 0.717) is 6.42 Å². The number of carbonyl (C=O) groups is 1. The monoisotopic (exact) mass is 427 g/mol. The van der Waals surface area contributed by atoms with Crippen LogP contribution in [-0.2, 0) is 14.8 Å². The fourth-order valence-electron chi connectivity index (χ4n) is 3.49. The highest BCUT2D eigenvalue weighted by molar-refractivity contribution is 7.89. The number of anilines is 1. The van der Waals surface area contributed by atoms with Gasteiger partial charge >= 0.3 is 0 Å². The molecule has 0 fully saturated rings. The zero-order valence-corrected chi connectivity index (χ0v) is 19.3. The van der Waals surface area contributed by atoms with Crippen molar-refractivity contribution < 1.29 is 18.3 Å². The molecular weight excluding hydrogens is 390 g/mol. The molecule has 0 aliphatic heterocycles. The number of likely N-dealkylation sites (N-methyl/N-ethyl adjacent to an activating group) is 1. The van der Waals surface area contributed by atoms with Crippen molar-refractivity contribution in [3.05, 3.63) is 24.3 Å². The number of para-hydroxylation sites is 1. The molecule has 166 valence electrons. The van der Waals surface area contributed by atoms with Crippen LogP contribution in [0.5, 0.6) is 0 Å². The molecule has 1 rings (SSSR count). The zero-order valence-electron chi connectivity index (χ0n) is 18.5. The molecule has 0 radical (unpaired) electrons. The van der Waals surface area contributed by atoms with Crippen LogP contribution in [0.15, 0.2) is 29.2 Å². The number of sulfonamides is 1. The van der Waals surface area contributed by atoms with Gasteiger partial charge in [0.2, 0.25) is 15.9 Å². The molecule has 29 heavy (non-hydrogen) atoms. The maximum atomic E-state index is 13.2. The fraction of sp³-hybridized carbons (Fsp3) is 0.667. The number of nitrogen functional groups attached to an aromatic ring is 1. The molecule has 0 aliphatic carbocycles. The standard InChI is InChI=1S/C21H37N3O4S/c1-7-11-15(3)19(16(8-2)14-25)23-20(26)21(4,5)24(6)29(27,28)18-13-10-9-12-17(18)22/h9-10,12-13,15-16,19,25H,7-8,11,14,22H2,1-6H3,(H,23,26). The Morgan fingerprint density at radius 3 is 2.34 bits per heavy atom. The Labute approximate surface area is 175 Å². The minimum absolute atomic E-state index is 0.0268. The highest BCUT2D eigenvalue weighted by atomic mass is 32.2. The number of amides is 1. The minimum atomic E-state index is -3.97. The van der Waals surface area contributed by atoms with Gasteiger partial charge in [0.25, 0.3) is 0 Å². The number of nitrogens with zero attached hydrogens (tertiary/aromatic N) is 1. The van der Waals surface area contributed by atoms with Gasteiger partial charge in [-0.25, -0.2) is 8.42 Å². The van der Waals surface area contributed by atoms with E-state index in [1.165, 1.54) is 19.2 Å².